The highest BCUT2D eigenvalue weighted by Crippen LogP contribution is 2.23. The van der Waals surface area contributed by atoms with Gasteiger partial charge in [-0.2, -0.15) is 5.26 Å². The van der Waals surface area contributed by atoms with Gasteiger partial charge in [-0.3, -0.25) is 0 Å². The van der Waals surface area contributed by atoms with Crippen LogP contribution in [0.3, 0.4) is 0 Å². The van der Waals surface area contributed by atoms with E-state index in [2.05, 4.69) is 21.5 Å². The van der Waals surface area contributed by atoms with Gasteiger partial charge in [0.05, 0.1) is 10.9 Å². The minimum Gasteiger partial charge on any atom is -0.381 e. The lowest BCUT2D eigenvalue weighted by atomic mass is 10.2. The van der Waals surface area contributed by atoms with Gasteiger partial charge in [0.2, 0.25) is 0 Å². The van der Waals surface area contributed by atoms with Crippen LogP contribution in [-0.4, -0.2) is 20.0 Å². The molecule has 0 aliphatic rings. The second-order valence-electron chi connectivity index (χ2n) is 4.14. The highest BCUT2D eigenvalue weighted by molar-refractivity contribution is 5.91. The summed E-state index contributed by atoms with van der Waals surface area (Å²) >= 11 is 0. The first-order chi connectivity index (χ1) is 9.29. The Bertz CT molecular complexity index is 769. The number of aromatic nitrogens is 4. The maximum Gasteiger partial charge on any atom is 0.169 e. The molecular formula is C13H10N6. The predicted molar refractivity (Wildman–Crippen MR) is 70.0 cm³/mol. The molecule has 1 aromatic carbocycles. The summed E-state index contributed by atoms with van der Waals surface area (Å²) in [6.45, 7) is 0.608. The Morgan fingerprint density at radius 2 is 2.00 bits per heavy atom. The third kappa shape index (κ3) is 1.87. The number of nitrogen functional groups attached to an aromatic ring is 1. The van der Waals surface area contributed by atoms with E-state index in [0.717, 1.165) is 5.56 Å². The molecule has 0 saturated carbocycles. The third-order valence-electron chi connectivity index (χ3n) is 2.91. The molecule has 0 amide bonds. The molecule has 0 fully saturated rings. The van der Waals surface area contributed by atoms with Gasteiger partial charge >= 0.3 is 0 Å². The van der Waals surface area contributed by atoms with Crippen LogP contribution in [0.15, 0.2) is 36.5 Å². The van der Waals surface area contributed by atoms with Crippen molar-refractivity contribution in [1.29, 1.82) is 5.26 Å². The highest BCUT2D eigenvalue weighted by Gasteiger charge is 2.14. The van der Waals surface area contributed by atoms with E-state index < -0.39 is 0 Å². The molecule has 0 atom stereocenters. The summed E-state index contributed by atoms with van der Waals surface area (Å²) in [4.78, 5) is 0. The molecule has 0 bridgehead atoms. The van der Waals surface area contributed by atoms with Crippen molar-refractivity contribution in [3.05, 3.63) is 47.7 Å². The number of benzene rings is 1. The minimum absolute atomic E-state index is 0.230. The summed E-state index contributed by atoms with van der Waals surface area (Å²) in [5.41, 5.74) is 7.91. The van der Waals surface area contributed by atoms with E-state index in [1.807, 2.05) is 34.9 Å². The van der Waals surface area contributed by atoms with Crippen molar-refractivity contribution < 1.29 is 0 Å². The first-order valence-corrected chi connectivity index (χ1v) is 5.71. The van der Waals surface area contributed by atoms with Gasteiger partial charge in [-0.15, -0.1) is 10.2 Å². The Labute approximate surface area is 109 Å². The SMILES string of the molecule is N#Cc1cn(Cc2ccccc2)c2nnnc([15NH2])c12. The molecule has 0 radical (unpaired) electrons. The smallest absolute Gasteiger partial charge is 0.169 e. The molecule has 6 nitrogen and oxygen atoms in total. The maximum atomic E-state index is 9.14. The van der Waals surface area contributed by atoms with Crippen molar-refractivity contribution in [2.75, 3.05) is 5.73 Å². The van der Waals surface area contributed by atoms with Crippen LogP contribution in [0.4, 0.5) is 5.82 Å². The van der Waals surface area contributed by atoms with Crippen LogP contribution in [0.25, 0.3) is 11.0 Å². The van der Waals surface area contributed by atoms with Crippen molar-refractivity contribution in [2.45, 2.75) is 6.54 Å². The lowest BCUT2D eigenvalue weighted by molar-refractivity contribution is 0.795. The zero-order valence-electron chi connectivity index (χ0n) is 9.98. The van der Waals surface area contributed by atoms with Crippen LogP contribution in [0.2, 0.25) is 0 Å². The van der Waals surface area contributed by atoms with E-state index in [-0.39, 0.29) is 5.82 Å². The fourth-order valence-corrected chi connectivity index (χ4v) is 2.05. The van der Waals surface area contributed by atoms with Gasteiger partial charge < -0.3 is 10.3 Å². The third-order valence-corrected chi connectivity index (χ3v) is 2.91. The molecule has 0 unspecified atom stereocenters. The molecule has 0 aliphatic carbocycles. The minimum atomic E-state index is 0.230. The highest BCUT2D eigenvalue weighted by atomic mass is 15.5. The molecule has 19 heavy (non-hydrogen) atoms. The largest absolute Gasteiger partial charge is 0.381 e. The Morgan fingerprint density at radius 3 is 2.74 bits per heavy atom. The number of anilines is 1. The number of rotatable bonds is 2. The van der Waals surface area contributed by atoms with Gasteiger partial charge in [-0.25, -0.2) is 0 Å². The van der Waals surface area contributed by atoms with Crippen LogP contribution < -0.4 is 5.73 Å². The molecule has 0 aliphatic heterocycles. The number of fused-ring (bicyclic) bond motifs is 1. The quantitative estimate of drug-likeness (QED) is 0.693. The lowest BCUT2D eigenvalue weighted by Gasteiger charge is -2.03. The molecule has 92 valence electrons. The fraction of sp³-hybridized carbons (Fsp3) is 0.0769. The first-order valence-electron chi connectivity index (χ1n) is 5.71. The van der Waals surface area contributed by atoms with Crippen LogP contribution >= 0.6 is 0 Å². The normalized spacial score (nSPS) is 10.5. The lowest BCUT2D eigenvalue weighted by Crippen LogP contribution is -2.02. The molecule has 2 heterocycles. The summed E-state index contributed by atoms with van der Waals surface area (Å²) in [5.74, 6) is 0.230. The predicted octanol–water partition coefficient (Wildman–Crippen LogP) is 1.33. The Hall–Kier alpha value is -2.94. The van der Waals surface area contributed by atoms with E-state index >= 15 is 0 Å². The van der Waals surface area contributed by atoms with E-state index in [9.17, 15) is 0 Å². The van der Waals surface area contributed by atoms with Gasteiger partial charge in [0.25, 0.3) is 0 Å². The maximum absolute atomic E-state index is 9.14. The molecule has 0 spiro atoms. The standard InChI is InChI=1S/C13H10N6/c14-6-10-8-19(7-9-4-2-1-3-5-9)13-11(10)12(15)16-18-17-13/h1-5,8H,7H2,(H2,15,16,17)/i15+1. The van der Waals surface area contributed by atoms with Crippen LogP contribution in [0.5, 0.6) is 0 Å². The van der Waals surface area contributed by atoms with Gasteiger partial charge in [0.15, 0.2) is 11.5 Å². The van der Waals surface area contributed by atoms with Gasteiger partial charge in [-0.1, -0.05) is 30.3 Å². The number of nitriles is 1. The Morgan fingerprint density at radius 1 is 1.21 bits per heavy atom. The molecule has 6 heteroatoms. The average Bonchev–Trinajstić information content (AvgIpc) is 2.80. The van der Waals surface area contributed by atoms with Crippen molar-refractivity contribution >= 4 is 16.9 Å². The summed E-state index contributed by atoms with van der Waals surface area (Å²) in [5, 5.41) is 21.0. The monoisotopic (exact) mass is 251 g/mol. The van der Waals surface area contributed by atoms with Crippen molar-refractivity contribution in [2.24, 2.45) is 0 Å². The van der Waals surface area contributed by atoms with Gasteiger partial charge in [0, 0.05) is 12.7 Å². The number of nitrogens with zero attached hydrogens (tertiary/aromatic N) is 5. The number of hydrogen-bond acceptors (Lipinski definition) is 5. The molecule has 3 rings (SSSR count). The first kappa shape index (κ1) is 11.2. The van der Waals surface area contributed by atoms with Crippen molar-refractivity contribution in [3.8, 4) is 6.07 Å². The Kier molecular flexibility index (Phi) is 2.58. The Balaban J connectivity index is 2.15. The van der Waals surface area contributed by atoms with Crippen molar-refractivity contribution in [3.63, 3.8) is 0 Å². The van der Waals surface area contributed by atoms with Crippen LogP contribution in [0.1, 0.15) is 11.1 Å². The number of nitrogens with two attached hydrogens (primary N) is 1. The zero-order chi connectivity index (χ0) is 13.2. The summed E-state index contributed by atoms with van der Waals surface area (Å²) in [6.07, 6.45) is 1.73. The van der Waals surface area contributed by atoms with Gasteiger partial charge in [0.1, 0.15) is 6.07 Å². The summed E-state index contributed by atoms with van der Waals surface area (Å²) in [6, 6.07) is 12.0. The van der Waals surface area contributed by atoms with Crippen LogP contribution in [-0.2, 0) is 6.54 Å². The number of hydrogen-bond donors (Lipinski definition) is 1. The van der Waals surface area contributed by atoms with Gasteiger partial charge in [-0.05, 0) is 10.8 Å². The topological polar surface area (TPSA) is 93.4 Å². The zero-order valence-corrected chi connectivity index (χ0v) is 9.98. The van der Waals surface area contributed by atoms with E-state index in [1.54, 1.807) is 6.20 Å². The second-order valence-corrected chi connectivity index (χ2v) is 4.14. The molecule has 3 aromatic rings. The van der Waals surface area contributed by atoms with E-state index in [0.29, 0.717) is 23.1 Å². The molecular weight excluding hydrogens is 241 g/mol. The van der Waals surface area contributed by atoms with Crippen molar-refractivity contribution in [1.82, 2.24) is 20.0 Å². The molecule has 0 saturated heterocycles. The van der Waals surface area contributed by atoms with E-state index in [4.69, 9.17) is 11.0 Å². The average molecular weight is 251 g/mol. The summed E-state index contributed by atoms with van der Waals surface area (Å²) < 4.78 is 1.86. The molecule has 2 aromatic heterocycles. The molecule has 2 N–H and O–H groups in total. The van der Waals surface area contributed by atoms with E-state index in [1.165, 1.54) is 0 Å². The fourth-order valence-electron chi connectivity index (χ4n) is 2.05. The van der Waals surface area contributed by atoms with Crippen LogP contribution in [0, 0.1) is 11.3 Å². The summed E-state index contributed by atoms with van der Waals surface area (Å²) in [7, 11) is 0. The second kappa shape index (κ2) is 4.38.